The summed E-state index contributed by atoms with van der Waals surface area (Å²) in [6.45, 7) is 6.14. The number of nitrogens with two attached hydrogens (primary N) is 1. The van der Waals surface area contributed by atoms with Gasteiger partial charge in [-0.1, -0.05) is 102 Å². The molecule has 0 amide bonds. The summed E-state index contributed by atoms with van der Waals surface area (Å²) in [6, 6.07) is 8.50. The largest absolute Gasteiger partial charge is 0.324 e. The van der Waals surface area contributed by atoms with E-state index in [1.54, 1.807) is 0 Å². The molecule has 21 heavy (non-hydrogen) atoms. The molecule has 0 fully saturated rings. The quantitative estimate of drug-likeness (QED) is 0.452. The van der Waals surface area contributed by atoms with Crippen molar-refractivity contribution in [2.45, 2.75) is 77.2 Å². The van der Waals surface area contributed by atoms with E-state index >= 15 is 0 Å². The van der Waals surface area contributed by atoms with Crippen molar-refractivity contribution in [2.24, 2.45) is 5.73 Å². The third-order valence-corrected chi connectivity index (χ3v) is 4.23. The minimum atomic E-state index is 0.156. The summed E-state index contributed by atoms with van der Waals surface area (Å²) in [7, 11) is 0. The van der Waals surface area contributed by atoms with Crippen LogP contribution >= 0.6 is 0 Å². The van der Waals surface area contributed by atoms with Gasteiger partial charge in [0.1, 0.15) is 0 Å². The van der Waals surface area contributed by atoms with Gasteiger partial charge in [-0.05, 0) is 17.5 Å². The van der Waals surface area contributed by atoms with Crippen LogP contribution in [0.25, 0.3) is 6.08 Å². The number of hydrogen-bond donors (Lipinski definition) is 1. The van der Waals surface area contributed by atoms with Crippen molar-refractivity contribution in [1.82, 2.24) is 0 Å². The second kappa shape index (κ2) is 11.6. The van der Waals surface area contributed by atoms with E-state index in [1.807, 2.05) is 12.1 Å². The normalized spacial score (nSPS) is 12.3. The van der Waals surface area contributed by atoms with E-state index in [0.29, 0.717) is 0 Å². The molecule has 1 rings (SSSR count). The zero-order valence-corrected chi connectivity index (χ0v) is 13.8. The van der Waals surface area contributed by atoms with Crippen molar-refractivity contribution in [3.63, 3.8) is 0 Å². The minimum Gasteiger partial charge on any atom is -0.324 e. The standard InChI is InChI=1S/C20H33N/c1-3-5-6-7-8-9-10-11-12-17-20(21)19-16-14-13-15-18(19)4-2/h4,13-16,20H,2-3,5-12,17,21H2,1H3. The van der Waals surface area contributed by atoms with E-state index in [0.717, 1.165) is 6.42 Å². The molecule has 1 atom stereocenters. The van der Waals surface area contributed by atoms with E-state index < -0.39 is 0 Å². The van der Waals surface area contributed by atoms with Crippen LogP contribution in [-0.4, -0.2) is 0 Å². The van der Waals surface area contributed by atoms with Crippen molar-refractivity contribution in [1.29, 1.82) is 0 Å². The highest BCUT2D eigenvalue weighted by Gasteiger charge is 2.08. The Balaban J connectivity index is 2.11. The SMILES string of the molecule is C=Cc1ccccc1C(N)CCCCCCCCCCC. The Bertz CT molecular complexity index is 383. The van der Waals surface area contributed by atoms with Gasteiger partial charge in [-0.15, -0.1) is 0 Å². The topological polar surface area (TPSA) is 26.0 Å². The van der Waals surface area contributed by atoms with Gasteiger partial charge in [0.15, 0.2) is 0 Å². The summed E-state index contributed by atoms with van der Waals surface area (Å²) in [5.41, 5.74) is 8.74. The molecule has 0 heterocycles. The van der Waals surface area contributed by atoms with Gasteiger partial charge in [-0.2, -0.15) is 0 Å². The first kappa shape index (κ1) is 18.0. The van der Waals surface area contributed by atoms with Crippen LogP contribution in [0.3, 0.4) is 0 Å². The molecule has 0 saturated carbocycles. The van der Waals surface area contributed by atoms with Crippen molar-refractivity contribution in [3.05, 3.63) is 42.0 Å². The Labute approximate surface area is 131 Å². The Morgan fingerprint density at radius 2 is 1.52 bits per heavy atom. The van der Waals surface area contributed by atoms with Crippen molar-refractivity contribution >= 4 is 6.08 Å². The average Bonchev–Trinajstić information content (AvgIpc) is 2.53. The molecule has 1 nitrogen and oxygen atoms in total. The first-order valence-electron chi connectivity index (χ1n) is 8.76. The fourth-order valence-electron chi connectivity index (χ4n) is 2.86. The summed E-state index contributed by atoms with van der Waals surface area (Å²) in [4.78, 5) is 0. The van der Waals surface area contributed by atoms with Gasteiger partial charge in [-0.25, -0.2) is 0 Å². The Morgan fingerprint density at radius 1 is 0.952 bits per heavy atom. The van der Waals surface area contributed by atoms with Crippen molar-refractivity contribution in [3.8, 4) is 0 Å². The van der Waals surface area contributed by atoms with Crippen LogP contribution < -0.4 is 5.73 Å². The first-order chi connectivity index (χ1) is 10.3. The van der Waals surface area contributed by atoms with Crippen molar-refractivity contribution < 1.29 is 0 Å². The molecule has 1 heteroatoms. The molecular formula is C20H33N. The van der Waals surface area contributed by atoms with Gasteiger partial charge in [0, 0.05) is 6.04 Å². The number of hydrogen-bond acceptors (Lipinski definition) is 1. The molecule has 0 radical (unpaired) electrons. The Kier molecular flexibility index (Phi) is 9.90. The number of unbranched alkanes of at least 4 members (excludes halogenated alkanes) is 8. The summed E-state index contributed by atoms with van der Waals surface area (Å²) in [5, 5.41) is 0. The van der Waals surface area contributed by atoms with Gasteiger partial charge in [0.25, 0.3) is 0 Å². The van der Waals surface area contributed by atoms with Crippen LogP contribution in [0.15, 0.2) is 30.8 Å². The first-order valence-corrected chi connectivity index (χ1v) is 8.76. The van der Waals surface area contributed by atoms with E-state index in [2.05, 4.69) is 31.7 Å². The van der Waals surface area contributed by atoms with Gasteiger partial charge in [-0.3, -0.25) is 0 Å². The second-order valence-electron chi connectivity index (χ2n) is 6.06. The average molecular weight is 287 g/mol. The molecule has 2 N–H and O–H groups in total. The lowest BCUT2D eigenvalue weighted by atomic mass is 9.96. The molecule has 0 aliphatic rings. The Morgan fingerprint density at radius 3 is 2.14 bits per heavy atom. The fourth-order valence-corrected chi connectivity index (χ4v) is 2.86. The van der Waals surface area contributed by atoms with Gasteiger partial charge >= 0.3 is 0 Å². The molecule has 0 aromatic heterocycles. The maximum absolute atomic E-state index is 6.32. The molecule has 1 aromatic carbocycles. The highest BCUT2D eigenvalue weighted by molar-refractivity contribution is 5.52. The molecule has 118 valence electrons. The maximum Gasteiger partial charge on any atom is 0.0300 e. The minimum absolute atomic E-state index is 0.156. The smallest absolute Gasteiger partial charge is 0.0300 e. The number of benzene rings is 1. The highest BCUT2D eigenvalue weighted by Crippen LogP contribution is 2.22. The Hall–Kier alpha value is -1.08. The number of rotatable bonds is 12. The maximum atomic E-state index is 6.32. The van der Waals surface area contributed by atoms with Crippen LogP contribution in [0.2, 0.25) is 0 Å². The van der Waals surface area contributed by atoms with Crippen LogP contribution in [0.1, 0.15) is 88.3 Å². The summed E-state index contributed by atoms with van der Waals surface area (Å²) >= 11 is 0. The predicted octanol–water partition coefficient (Wildman–Crippen LogP) is 6.25. The van der Waals surface area contributed by atoms with Crippen LogP contribution in [0.4, 0.5) is 0 Å². The van der Waals surface area contributed by atoms with E-state index in [4.69, 9.17) is 5.73 Å². The monoisotopic (exact) mass is 287 g/mol. The third-order valence-electron chi connectivity index (χ3n) is 4.23. The molecule has 0 aliphatic carbocycles. The molecule has 0 spiro atoms. The van der Waals surface area contributed by atoms with Crippen LogP contribution in [-0.2, 0) is 0 Å². The summed E-state index contributed by atoms with van der Waals surface area (Å²) in [5.74, 6) is 0. The lowest BCUT2D eigenvalue weighted by Crippen LogP contribution is -2.11. The fraction of sp³-hybridized carbons (Fsp3) is 0.600. The van der Waals surface area contributed by atoms with E-state index in [1.165, 1.54) is 68.9 Å². The van der Waals surface area contributed by atoms with Crippen LogP contribution in [0.5, 0.6) is 0 Å². The molecule has 0 bridgehead atoms. The zero-order chi connectivity index (χ0) is 15.3. The lowest BCUT2D eigenvalue weighted by molar-refractivity contribution is 0.532. The molecule has 1 aromatic rings. The molecule has 0 aliphatic heterocycles. The second-order valence-corrected chi connectivity index (χ2v) is 6.06. The molecule has 0 saturated heterocycles. The summed E-state index contributed by atoms with van der Waals surface area (Å²) in [6.07, 6.45) is 15.3. The van der Waals surface area contributed by atoms with Gasteiger partial charge < -0.3 is 5.73 Å². The van der Waals surface area contributed by atoms with Crippen LogP contribution in [0, 0.1) is 0 Å². The lowest BCUT2D eigenvalue weighted by Gasteiger charge is -2.14. The van der Waals surface area contributed by atoms with E-state index in [-0.39, 0.29) is 6.04 Å². The summed E-state index contributed by atoms with van der Waals surface area (Å²) < 4.78 is 0. The van der Waals surface area contributed by atoms with Crippen molar-refractivity contribution in [2.75, 3.05) is 0 Å². The third kappa shape index (κ3) is 7.47. The predicted molar refractivity (Wildman–Crippen MR) is 95.3 cm³/mol. The van der Waals surface area contributed by atoms with E-state index in [9.17, 15) is 0 Å². The van der Waals surface area contributed by atoms with Gasteiger partial charge in [0.2, 0.25) is 0 Å². The molecular weight excluding hydrogens is 254 g/mol. The zero-order valence-electron chi connectivity index (χ0n) is 13.8. The van der Waals surface area contributed by atoms with Gasteiger partial charge in [0.05, 0.1) is 0 Å². The molecule has 1 unspecified atom stereocenters. The highest BCUT2D eigenvalue weighted by atomic mass is 14.6.